The van der Waals surface area contributed by atoms with Crippen molar-refractivity contribution >= 4 is 43.1 Å². The van der Waals surface area contributed by atoms with Gasteiger partial charge in [0, 0.05) is 0 Å². The van der Waals surface area contributed by atoms with Crippen LogP contribution in [0.5, 0.6) is 0 Å². The molecule has 0 fully saturated rings. The lowest BCUT2D eigenvalue weighted by Crippen LogP contribution is -1.88. The predicted octanol–water partition coefficient (Wildman–Crippen LogP) is 16.3. The molecule has 270 valence electrons. The fourth-order valence-electron chi connectivity index (χ4n) is 8.84. The third-order valence-corrected chi connectivity index (χ3v) is 11.8. The van der Waals surface area contributed by atoms with Crippen LogP contribution in [-0.2, 0) is 0 Å². The Hall–Kier alpha value is -7.54. The summed E-state index contributed by atoms with van der Waals surface area (Å²) >= 11 is 0. The molecule has 0 saturated heterocycles. The van der Waals surface area contributed by atoms with Crippen LogP contribution in [-0.4, -0.2) is 0 Å². The Bertz CT molecular complexity index is 3180. The fourth-order valence-corrected chi connectivity index (χ4v) is 8.84. The molecular formula is C58H38. The van der Waals surface area contributed by atoms with Crippen LogP contribution in [0.2, 0.25) is 0 Å². The summed E-state index contributed by atoms with van der Waals surface area (Å²) in [6, 6.07) is 84.6. The maximum Gasteiger partial charge on any atom is -0.00928 e. The van der Waals surface area contributed by atoms with Crippen LogP contribution in [0.4, 0.5) is 0 Å². The summed E-state index contributed by atoms with van der Waals surface area (Å²) in [6.07, 6.45) is 0. The van der Waals surface area contributed by atoms with Crippen LogP contribution in [0.1, 0.15) is 0 Å². The first-order valence-corrected chi connectivity index (χ1v) is 20.1. The highest BCUT2D eigenvalue weighted by Gasteiger charge is 2.13. The Kier molecular flexibility index (Phi) is 8.26. The van der Waals surface area contributed by atoms with Crippen molar-refractivity contribution < 1.29 is 0 Å². The molecule has 0 atom stereocenters. The van der Waals surface area contributed by atoms with E-state index in [2.05, 4.69) is 231 Å². The van der Waals surface area contributed by atoms with Gasteiger partial charge >= 0.3 is 0 Å². The highest BCUT2D eigenvalue weighted by Crippen LogP contribution is 2.39. The molecule has 0 aliphatic carbocycles. The van der Waals surface area contributed by atoms with E-state index in [-0.39, 0.29) is 0 Å². The second-order valence-electron chi connectivity index (χ2n) is 15.3. The fraction of sp³-hybridized carbons (Fsp3) is 0. The van der Waals surface area contributed by atoms with Gasteiger partial charge in [-0.15, -0.1) is 0 Å². The molecule has 0 aliphatic heterocycles. The lowest BCUT2D eigenvalue weighted by atomic mass is 9.90. The molecule has 0 aromatic heterocycles. The topological polar surface area (TPSA) is 0 Å². The summed E-state index contributed by atoms with van der Waals surface area (Å²) in [6.45, 7) is 0. The maximum absolute atomic E-state index is 2.38. The molecule has 0 saturated carbocycles. The van der Waals surface area contributed by atoms with E-state index in [0.29, 0.717) is 0 Å². The van der Waals surface area contributed by atoms with Gasteiger partial charge in [-0.25, -0.2) is 0 Å². The first-order valence-electron chi connectivity index (χ1n) is 20.1. The van der Waals surface area contributed by atoms with Crippen LogP contribution in [0.15, 0.2) is 231 Å². The molecule has 11 aromatic carbocycles. The molecule has 0 aliphatic rings. The minimum Gasteiger partial charge on any atom is -0.0622 e. The average Bonchev–Trinajstić information content (AvgIpc) is 3.31. The van der Waals surface area contributed by atoms with Gasteiger partial charge in [-0.2, -0.15) is 0 Å². The number of benzene rings is 11. The summed E-state index contributed by atoms with van der Waals surface area (Å²) in [5.74, 6) is 0. The van der Waals surface area contributed by atoms with Gasteiger partial charge in [0.15, 0.2) is 0 Å². The molecule has 0 N–H and O–H groups in total. The van der Waals surface area contributed by atoms with E-state index in [9.17, 15) is 0 Å². The third kappa shape index (κ3) is 6.13. The van der Waals surface area contributed by atoms with E-state index in [1.54, 1.807) is 0 Å². The standard InChI is InChI=1S/C58H38/c1-3-13-39(14-4-1)41-17-11-19-43(31-41)50-35-51(44-20-12-18-42(32-44)40-15-5-2-6-16-40)37-52(36-50)48-28-27-45-33-47(26-25-46(45)34-48)49-29-30-57-55-23-8-7-21-53(55)54-22-9-10-24-56(54)58(57)38-49/h1-38H. The highest BCUT2D eigenvalue weighted by molar-refractivity contribution is 6.25. The Morgan fingerprint density at radius 1 is 0.138 bits per heavy atom. The summed E-state index contributed by atoms with van der Waals surface area (Å²) in [4.78, 5) is 0. The molecule has 11 rings (SSSR count). The van der Waals surface area contributed by atoms with E-state index in [0.717, 1.165) is 0 Å². The van der Waals surface area contributed by atoms with Gasteiger partial charge < -0.3 is 0 Å². The normalized spacial score (nSPS) is 11.4. The number of fused-ring (bicyclic) bond motifs is 7. The van der Waals surface area contributed by atoms with E-state index in [1.165, 1.54) is 110 Å². The van der Waals surface area contributed by atoms with Crippen molar-refractivity contribution in [2.45, 2.75) is 0 Å². The Labute approximate surface area is 339 Å². The van der Waals surface area contributed by atoms with E-state index < -0.39 is 0 Å². The zero-order chi connectivity index (χ0) is 38.4. The van der Waals surface area contributed by atoms with Gasteiger partial charge in [0.25, 0.3) is 0 Å². The minimum absolute atomic E-state index is 1.20. The van der Waals surface area contributed by atoms with Crippen molar-refractivity contribution in [3.63, 3.8) is 0 Å². The summed E-state index contributed by atoms with van der Waals surface area (Å²) in [7, 11) is 0. The van der Waals surface area contributed by atoms with Crippen molar-refractivity contribution in [3.8, 4) is 66.8 Å². The van der Waals surface area contributed by atoms with Crippen LogP contribution in [0.25, 0.3) is 110 Å². The Morgan fingerprint density at radius 3 is 0.897 bits per heavy atom. The first kappa shape index (κ1) is 33.8. The van der Waals surface area contributed by atoms with Crippen molar-refractivity contribution in [2.75, 3.05) is 0 Å². The van der Waals surface area contributed by atoms with Gasteiger partial charge in [0.05, 0.1) is 0 Å². The van der Waals surface area contributed by atoms with Crippen molar-refractivity contribution in [1.29, 1.82) is 0 Å². The Balaban J connectivity index is 1.01. The van der Waals surface area contributed by atoms with Crippen LogP contribution in [0, 0.1) is 0 Å². The number of hydrogen-bond acceptors (Lipinski definition) is 0. The summed E-state index contributed by atoms with van der Waals surface area (Å²) in [5.41, 5.74) is 14.5. The molecule has 58 heavy (non-hydrogen) atoms. The van der Waals surface area contributed by atoms with Crippen LogP contribution >= 0.6 is 0 Å². The van der Waals surface area contributed by atoms with Crippen LogP contribution < -0.4 is 0 Å². The SMILES string of the molecule is c1ccc(-c2cccc(-c3cc(-c4cccc(-c5ccccc5)c4)cc(-c4ccc5cc(-c6ccc7c8ccccc8c8ccccc8c7c6)ccc5c4)c3)c2)cc1. The molecule has 0 unspecified atom stereocenters. The second kappa shape index (κ2) is 14.2. The van der Waals surface area contributed by atoms with Crippen molar-refractivity contribution in [2.24, 2.45) is 0 Å². The minimum atomic E-state index is 1.20. The zero-order valence-corrected chi connectivity index (χ0v) is 31.9. The van der Waals surface area contributed by atoms with Crippen molar-refractivity contribution in [1.82, 2.24) is 0 Å². The molecule has 0 amide bonds. The van der Waals surface area contributed by atoms with Gasteiger partial charge in [0.1, 0.15) is 0 Å². The predicted molar refractivity (Wildman–Crippen MR) is 249 cm³/mol. The van der Waals surface area contributed by atoms with Gasteiger partial charge in [0.2, 0.25) is 0 Å². The molecule has 0 radical (unpaired) electrons. The third-order valence-electron chi connectivity index (χ3n) is 11.8. The smallest absolute Gasteiger partial charge is 0.00928 e. The lowest BCUT2D eigenvalue weighted by molar-refractivity contribution is 1.55. The van der Waals surface area contributed by atoms with Crippen molar-refractivity contribution in [3.05, 3.63) is 231 Å². The summed E-state index contributed by atoms with van der Waals surface area (Å²) < 4.78 is 0. The van der Waals surface area contributed by atoms with Gasteiger partial charge in [-0.3, -0.25) is 0 Å². The molecule has 0 bridgehead atoms. The molecule has 0 nitrogen and oxygen atoms in total. The zero-order valence-electron chi connectivity index (χ0n) is 31.9. The van der Waals surface area contributed by atoms with Crippen LogP contribution in [0.3, 0.4) is 0 Å². The van der Waals surface area contributed by atoms with E-state index in [1.807, 2.05) is 0 Å². The quantitative estimate of drug-likeness (QED) is 0.149. The van der Waals surface area contributed by atoms with Gasteiger partial charge in [-0.05, 0) is 158 Å². The van der Waals surface area contributed by atoms with E-state index >= 15 is 0 Å². The molecule has 11 aromatic rings. The monoisotopic (exact) mass is 734 g/mol. The molecular weight excluding hydrogens is 697 g/mol. The number of hydrogen-bond donors (Lipinski definition) is 0. The molecule has 0 spiro atoms. The largest absolute Gasteiger partial charge is 0.0622 e. The number of rotatable bonds is 6. The summed E-state index contributed by atoms with van der Waals surface area (Å²) in [5, 5.41) is 10.2. The second-order valence-corrected chi connectivity index (χ2v) is 15.3. The van der Waals surface area contributed by atoms with E-state index in [4.69, 9.17) is 0 Å². The molecule has 0 heterocycles. The average molecular weight is 735 g/mol. The first-order chi connectivity index (χ1) is 28.7. The Morgan fingerprint density at radius 2 is 0.431 bits per heavy atom. The maximum atomic E-state index is 2.38. The highest BCUT2D eigenvalue weighted by atomic mass is 14.2. The molecule has 0 heteroatoms. The lowest BCUT2D eigenvalue weighted by Gasteiger charge is -2.14. The van der Waals surface area contributed by atoms with Gasteiger partial charge in [-0.1, -0.05) is 182 Å².